The van der Waals surface area contributed by atoms with Gasteiger partial charge in [0.1, 0.15) is 18.1 Å². The van der Waals surface area contributed by atoms with Gasteiger partial charge in [0.2, 0.25) is 17.7 Å². The molecule has 6 rings (SSSR count). The molecule has 1 saturated carbocycles. The van der Waals surface area contributed by atoms with E-state index in [9.17, 15) is 46.4 Å². The van der Waals surface area contributed by atoms with Crippen LogP contribution in [0.5, 0.6) is 0 Å². The van der Waals surface area contributed by atoms with Gasteiger partial charge in [-0.05, 0) is 47.1 Å². The SMILES string of the molecule is CC(C)(C)[C@H](NC(=O)C(F)(F)C(F)(F)F)C(=O)N1C[C@H]2[C@@H]([C@H]1C(=O)N1C[C@]3(C[C@H]1C#N)C(=O)Nc1ccccc13)[C@H]1C=C[C@@H]2C1. The smallest absolute Gasteiger partial charge is 0.338 e. The number of allylic oxidation sites excluding steroid dienone is 2. The summed E-state index contributed by atoms with van der Waals surface area (Å²) in [6.45, 7) is 4.11. The first-order valence-electron chi connectivity index (χ1n) is 14.8. The van der Waals surface area contributed by atoms with E-state index in [0.29, 0.717) is 11.3 Å². The van der Waals surface area contributed by atoms with Gasteiger partial charge in [-0.25, -0.2) is 0 Å². The first-order valence-corrected chi connectivity index (χ1v) is 14.8. The van der Waals surface area contributed by atoms with E-state index >= 15 is 0 Å². The number of hydrogen-bond acceptors (Lipinski definition) is 5. The molecule has 45 heavy (non-hydrogen) atoms. The van der Waals surface area contributed by atoms with Gasteiger partial charge >= 0.3 is 18.0 Å². The van der Waals surface area contributed by atoms with Gasteiger partial charge < -0.3 is 20.4 Å². The third kappa shape index (κ3) is 4.52. The van der Waals surface area contributed by atoms with Crippen LogP contribution < -0.4 is 10.6 Å². The van der Waals surface area contributed by atoms with Crippen LogP contribution in [0, 0.1) is 40.4 Å². The summed E-state index contributed by atoms with van der Waals surface area (Å²) in [5.74, 6) is -11.0. The van der Waals surface area contributed by atoms with E-state index in [4.69, 9.17) is 0 Å². The van der Waals surface area contributed by atoms with Crippen LogP contribution in [0.1, 0.15) is 39.2 Å². The van der Waals surface area contributed by atoms with Crippen LogP contribution in [0.3, 0.4) is 0 Å². The number of nitriles is 1. The average molecular weight is 634 g/mol. The van der Waals surface area contributed by atoms with Gasteiger partial charge in [-0.1, -0.05) is 51.1 Å². The van der Waals surface area contributed by atoms with Gasteiger partial charge in [0.05, 0.1) is 11.5 Å². The molecule has 2 saturated heterocycles. The van der Waals surface area contributed by atoms with Crippen LogP contribution in [-0.4, -0.2) is 76.7 Å². The monoisotopic (exact) mass is 633 g/mol. The van der Waals surface area contributed by atoms with Crippen molar-refractivity contribution in [2.24, 2.45) is 29.1 Å². The topological polar surface area (TPSA) is 123 Å². The first-order chi connectivity index (χ1) is 20.9. The molecule has 3 aliphatic heterocycles. The number of anilines is 1. The summed E-state index contributed by atoms with van der Waals surface area (Å²) >= 11 is 0. The van der Waals surface area contributed by atoms with Gasteiger partial charge in [-0.3, -0.25) is 19.2 Å². The lowest BCUT2D eigenvalue weighted by Crippen LogP contribution is -2.62. The highest BCUT2D eigenvalue weighted by Crippen LogP contribution is 2.55. The minimum absolute atomic E-state index is 0.0169. The molecule has 1 aromatic rings. The van der Waals surface area contributed by atoms with E-state index in [0.717, 1.165) is 6.42 Å². The maximum absolute atomic E-state index is 14.6. The number of likely N-dealkylation sites (tertiary alicyclic amines) is 2. The molecule has 0 aromatic heterocycles. The lowest BCUT2D eigenvalue weighted by molar-refractivity contribution is -0.270. The predicted octanol–water partition coefficient (Wildman–Crippen LogP) is 3.38. The quantitative estimate of drug-likeness (QED) is 0.389. The Morgan fingerprint density at radius 1 is 1.07 bits per heavy atom. The number of alkyl halides is 5. The Hall–Kier alpha value is -4.02. The van der Waals surface area contributed by atoms with Crippen LogP contribution in [0.25, 0.3) is 0 Å². The lowest BCUT2D eigenvalue weighted by atomic mass is 9.79. The molecule has 0 unspecified atom stereocenters. The summed E-state index contributed by atoms with van der Waals surface area (Å²) in [5, 5.41) is 14.6. The number of fused-ring (bicyclic) bond motifs is 7. The zero-order valence-electron chi connectivity index (χ0n) is 24.7. The molecular formula is C31H32F5N5O4. The van der Waals surface area contributed by atoms with E-state index in [-0.39, 0.29) is 43.2 Å². The van der Waals surface area contributed by atoms with Crippen molar-refractivity contribution in [3.63, 3.8) is 0 Å². The van der Waals surface area contributed by atoms with Crippen LogP contribution in [0.4, 0.5) is 27.6 Å². The molecule has 0 radical (unpaired) electrons. The molecule has 1 aromatic carbocycles. The zero-order valence-corrected chi connectivity index (χ0v) is 24.7. The number of para-hydroxylation sites is 1. The normalized spacial score (nSPS) is 32.4. The van der Waals surface area contributed by atoms with Crippen LogP contribution >= 0.6 is 0 Å². The minimum Gasteiger partial charge on any atom is -0.338 e. The van der Waals surface area contributed by atoms with Gasteiger partial charge in [0.25, 0.3) is 0 Å². The molecule has 2 aliphatic carbocycles. The molecule has 4 amide bonds. The number of amides is 4. The summed E-state index contributed by atoms with van der Waals surface area (Å²) in [6, 6.07) is 5.06. The summed E-state index contributed by atoms with van der Waals surface area (Å²) in [6.07, 6.45) is -1.47. The van der Waals surface area contributed by atoms with E-state index in [1.54, 1.807) is 29.6 Å². The Morgan fingerprint density at radius 3 is 2.38 bits per heavy atom. The number of carbonyl (C=O) groups excluding carboxylic acids is 4. The number of carbonyl (C=O) groups is 4. The molecule has 3 fully saturated rings. The van der Waals surface area contributed by atoms with Gasteiger partial charge in [0.15, 0.2) is 0 Å². The average Bonchev–Trinajstić information content (AvgIpc) is 3.77. The zero-order chi connectivity index (χ0) is 32.9. The Bertz CT molecular complexity index is 1550. The Kier molecular flexibility index (Phi) is 6.88. The number of halogens is 5. The molecule has 240 valence electrons. The van der Waals surface area contributed by atoms with Gasteiger partial charge in [-0.15, -0.1) is 0 Å². The van der Waals surface area contributed by atoms with E-state index < -0.39 is 64.7 Å². The fourth-order valence-electron chi connectivity index (χ4n) is 8.08. The summed E-state index contributed by atoms with van der Waals surface area (Å²) in [4.78, 5) is 56.8. The predicted molar refractivity (Wildman–Crippen MR) is 148 cm³/mol. The molecule has 1 spiro atoms. The molecule has 3 heterocycles. The molecule has 5 aliphatic rings. The van der Waals surface area contributed by atoms with Crippen LogP contribution in [0.15, 0.2) is 36.4 Å². The van der Waals surface area contributed by atoms with E-state index in [2.05, 4.69) is 11.4 Å². The van der Waals surface area contributed by atoms with Crippen molar-refractivity contribution in [1.82, 2.24) is 15.1 Å². The number of nitrogens with zero attached hydrogens (tertiary/aromatic N) is 3. The highest BCUT2D eigenvalue weighted by atomic mass is 19.4. The van der Waals surface area contributed by atoms with Crippen LogP contribution in [0.2, 0.25) is 0 Å². The van der Waals surface area contributed by atoms with Crippen molar-refractivity contribution in [2.45, 2.75) is 69.3 Å². The maximum atomic E-state index is 14.6. The van der Waals surface area contributed by atoms with Crippen molar-refractivity contribution in [1.29, 1.82) is 5.26 Å². The fraction of sp³-hybridized carbons (Fsp3) is 0.581. The summed E-state index contributed by atoms with van der Waals surface area (Å²) in [7, 11) is 0. The third-order valence-electron chi connectivity index (χ3n) is 10.3. The minimum atomic E-state index is -6.18. The number of nitrogens with one attached hydrogen (secondary N) is 2. The second-order valence-corrected chi connectivity index (χ2v) is 13.9. The van der Waals surface area contributed by atoms with Gasteiger partial charge in [-0.2, -0.15) is 27.2 Å². The lowest BCUT2D eigenvalue weighted by Gasteiger charge is -2.38. The van der Waals surface area contributed by atoms with Crippen molar-refractivity contribution in [3.05, 3.63) is 42.0 Å². The molecule has 14 heteroatoms. The molecule has 8 atom stereocenters. The summed E-state index contributed by atoms with van der Waals surface area (Å²) < 4.78 is 67.0. The highest BCUT2D eigenvalue weighted by molar-refractivity contribution is 6.07. The second kappa shape index (κ2) is 9.99. The standard InChI is InChI=1S/C31H32F5N5O4/c1-28(2,3)23(39-27(45)30(32,33)31(34,35)36)25(43)40-13-18-15-8-9-16(10-15)21(18)22(40)24(42)41-14-29(11-17(41)12-37)19-6-4-5-7-20(19)38-26(29)44/h4-9,15-18,21-23H,10-11,13-14H2,1-3H3,(H,38,44)(H,39,45)/t15-,16+,17+,18-,21+,22+,23-,29+/m1/s1. The van der Waals surface area contributed by atoms with Crippen LogP contribution in [-0.2, 0) is 24.6 Å². The maximum Gasteiger partial charge on any atom is 0.463 e. The fourth-order valence-corrected chi connectivity index (χ4v) is 8.08. The van der Waals surface area contributed by atoms with Crippen molar-refractivity contribution in [3.8, 4) is 6.07 Å². The Morgan fingerprint density at radius 2 is 1.73 bits per heavy atom. The van der Waals surface area contributed by atoms with Crippen molar-refractivity contribution < 1.29 is 41.1 Å². The summed E-state index contributed by atoms with van der Waals surface area (Å²) in [5.41, 5.74) is -1.30. The van der Waals surface area contributed by atoms with Crippen molar-refractivity contribution in [2.75, 3.05) is 18.4 Å². The van der Waals surface area contributed by atoms with Crippen molar-refractivity contribution >= 4 is 29.3 Å². The molecule has 2 N–H and O–H groups in total. The first kappa shape index (κ1) is 31.0. The van der Waals surface area contributed by atoms with E-state index in [1.807, 2.05) is 12.2 Å². The third-order valence-corrected chi connectivity index (χ3v) is 10.3. The second-order valence-electron chi connectivity index (χ2n) is 13.9. The largest absolute Gasteiger partial charge is 0.463 e. The molecule has 9 nitrogen and oxygen atoms in total. The molecule has 2 bridgehead atoms. The van der Waals surface area contributed by atoms with E-state index in [1.165, 1.54) is 30.6 Å². The highest BCUT2D eigenvalue weighted by Gasteiger charge is 2.65. The van der Waals surface area contributed by atoms with Gasteiger partial charge in [0, 0.05) is 25.2 Å². The Balaban J connectivity index is 1.35. The molecular weight excluding hydrogens is 601 g/mol. The number of hydrogen-bond donors (Lipinski definition) is 2. The number of rotatable bonds is 4. The number of benzene rings is 1. The Labute approximate surface area is 255 Å².